The molecule has 0 aliphatic carbocycles. The first-order valence-corrected chi connectivity index (χ1v) is 25.7. The van der Waals surface area contributed by atoms with Gasteiger partial charge in [0.1, 0.15) is 11.2 Å². The first kappa shape index (κ1) is 42.7. The van der Waals surface area contributed by atoms with E-state index in [4.69, 9.17) is 4.42 Å². The Morgan fingerprint density at radius 1 is 0.253 bits per heavy atom. The minimum atomic E-state index is 0.898. The SMILES string of the molecule is c1ccc(-c2ccc(-c3ccc(N(c4ccc(-c5ccccc5-c5cccc6c5oc5ccccc56)cc4)c4ccc5c6ccccc6c6ccccc6c5c4)cc3)c(-n3c4ccccc4c4ccccc43)c2)cc1. The molecule has 0 atom stereocenters. The monoisotopic (exact) mass is 954 g/mol. The van der Waals surface area contributed by atoms with Crippen molar-refractivity contribution in [3.63, 3.8) is 0 Å². The Morgan fingerprint density at radius 3 is 1.37 bits per heavy atom. The third-order valence-electron chi connectivity index (χ3n) is 15.4. The van der Waals surface area contributed by atoms with Gasteiger partial charge in [-0.25, -0.2) is 0 Å². The molecule has 0 unspecified atom stereocenters. The lowest BCUT2D eigenvalue weighted by molar-refractivity contribution is 0.670. The van der Waals surface area contributed by atoms with Gasteiger partial charge in [0.25, 0.3) is 0 Å². The number of rotatable bonds is 8. The molecule has 0 saturated heterocycles. The van der Waals surface area contributed by atoms with Gasteiger partial charge in [-0.2, -0.15) is 0 Å². The number of hydrogen-bond donors (Lipinski definition) is 0. The summed E-state index contributed by atoms with van der Waals surface area (Å²) in [5, 5.41) is 12.2. The van der Waals surface area contributed by atoms with Crippen LogP contribution in [0.1, 0.15) is 0 Å². The highest BCUT2D eigenvalue weighted by Crippen LogP contribution is 2.45. The Balaban J connectivity index is 0.891. The van der Waals surface area contributed by atoms with Crippen molar-refractivity contribution in [1.82, 2.24) is 4.57 Å². The Morgan fingerprint density at radius 2 is 0.720 bits per heavy atom. The second-order valence-electron chi connectivity index (χ2n) is 19.5. The summed E-state index contributed by atoms with van der Waals surface area (Å²) in [5.74, 6) is 0. The quantitative estimate of drug-likeness (QED) is 0.142. The maximum Gasteiger partial charge on any atom is 0.143 e. The highest BCUT2D eigenvalue weighted by atomic mass is 16.3. The predicted octanol–water partition coefficient (Wildman–Crippen LogP) is 20.3. The molecule has 3 nitrogen and oxygen atoms in total. The highest BCUT2D eigenvalue weighted by molar-refractivity contribution is 6.26. The molecule has 0 bridgehead atoms. The van der Waals surface area contributed by atoms with Crippen LogP contribution in [0.15, 0.2) is 283 Å². The number of para-hydroxylation sites is 4. The van der Waals surface area contributed by atoms with E-state index < -0.39 is 0 Å². The van der Waals surface area contributed by atoms with E-state index in [2.05, 4.69) is 282 Å². The molecule has 0 N–H and O–H groups in total. The van der Waals surface area contributed by atoms with Crippen LogP contribution in [0.2, 0.25) is 0 Å². The average molecular weight is 955 g/mol. The number of benzene rings is 13. The van der Waals surface area contributed by atoms with Crippen molar-refractivity contribution in [2.24, 2.45) is 0 Å². The van der Waals surface area contributed by atoms with Crippen LogP contribution >= 0.6 is 0 Å². The van der Waals surface area contributed by atoms with Gasteiger partial charge in [-0.05, 0) is 126 Å². The minimum Gasteiger partial charge on any atom is -0.455 e. The molecule has 0 saturated carbocycles. The average Bonchev–Trinajstić information content (AvgIpc) is 4.07. The van der Waals surface area contributed by atoms with Gasteiger partial charge in [0.05, 0.1) is 16.7 Å². The summed E-state index contributed by atoms with van der Waals surface area (Å²) >= 11 is 0. The molecule has 2 heterocycles. The van der Waals surface area contributed by atoms with Gasteiger partial charge in [-0.1, -0.05) is 218 Å². The molecule has 75 heavy (non-hydrogen) atoms. The zero-order valence-corrected chi connectivity index (χ0v) is 40.9. The predicted molar refractivity (Wildman–Crippen MR) is 317 cm³/mol. The fourth-order valence-corrected chi connectivity index (χ4v) is 11.9. The van der Waals surface area contributed by atoms with E-state index in [0.717, 1.165) is 78.1 Å². The van der Waals surface area contributed by atoms with Gasteiger partial charge in [0, 0.05) is 49.7 Å². The second kappa shape index (κ2) is 17.4. The van der Waals surface area contributed by atoms with Crippen LogP contribution in [0, 0.1) is 0 Å². The molecule has 0 spiro atoms. The van der Waals surface area contributed by atoms with E-state index in [1.807, 2.05) is 6.07 Å². The van der Waals surface area contributed by atoms with Crippen molar-refractivity contribution in [1.29, 1.82) is 0 Å². The van der Waals surface area contributed by atoms with Crippen molar-refractivity contribution >= 4 is 93.1 Å². The molecule has 13 aromatic carbocycles. The molecule has 0 fully saturated rings. The van der Waals surface area contributed by atoms with Crippen LogP contribution < -0.4 is 4.90 Å². The second-order valence-corrected chi connectivity index (χ2v) is 19.5. The van der Waals surface area contributed by atoms with E-state index in [1.165, 1.54) is 65.3 Å². The highest BCUT2D eigenvalue weighted by Gasteiger charge is 2.21. The fourth-order valence-electron chi connectivity index (χ4n) is 11.9. The van der Waals surface area contributed by atoms with Gasteiger partial charge in [0.15, 0.2) is 0 Å². The van der Waals surface area contributed by atoms with Crippen LogP contribution in [0.4, 0.5) is 17.1 Å². The number of aromatic nitrogens is 1. The van der Waals surface area contributed by atoms with E-state index in [9.17, 15) is 0 Å². The van der Waals surface area contributed by atoms with Gasteiger partial charge >= 0.3 is 0 Å². The Labute approximate surface area is 434 Å². The van der Waals surface area contributed by atoms with Gasteiger partial charge in [-0.15, -0.1) is 0 Å². The fraction of sp³-hybridized carbons (Fsp3) is 0. The number of hydrogen-bond acceptors (Lipinski definition) is 2. The van der Waals surface area contributed by atoms with Crippen LogP contribution in [0.5, 0.6) is 0 Å². The summed E-state index contributed by atoms with van der Waals surface area (Å²) < 4.78 is 9.02. The molecular formula is C72H46N2O. The minimum absolute atomic E-state index is 0.898. The molecule has 15 aromatic rings. The topological polar surface area (TPSA) is 21.3 Å². The van der Waals surface area contributed by atoms with Crippen LogP contribution in [0.3, 0.4) is 0 Å². The lowest BCUT2D eigenvalue weighted by Gasteiger charge is -2.27. The van der Waals surface area contributed by atoms with Crippen LogP contribution in [-0.2, 0) is 0 Å². The zero-order valence-electron chi connectivity index (χ0n) is 40.9. The Hall–Kier alpha value is -9.96. The molecule has 15 rings (SSSR count). The molecule has 3 heteroatoms. The smallest absolute Gasteiger partial charge is 0.143 e. The molecule has 0 radical (unpaired) electrons. The van der Waals surface area contributed by atoms with Crippen molar-refractivity contribution < 1.29 is 4.42 Å². The zero-order chi connectivity index (χ0) is 49.4. The summed E-state index contributed by atoms with van der Waals surface area (Å²) in [6, 6.07) is 102. The van der Waals surface area contributed by atoms with E-state index >= 15 is 0 Å². The molecule has 0 amide bonds. The summed E-state index contributed by atoms with van der Waals surface area (Å²) in [5.41, 5.74) is 17.7. The Bertz CT molecular complexity index is 4610. The summed E-state index contributed by atoms with van der Waals surface area (Å²) in [7, 11) is 0. The van der Waals surface area contributed by atoms with Gasteiger partial charge in [0.2, 0.25) is 0 Å². The first-order valence-electron chi connectivity index (χ1n) is 25.7. The van der Waals surface area contributed by atoms with Crippen LogP contribution in [-0.4, -0.2) is 4.57 Å². The molecule has 350 valence electrons. The van der Waals surface area contributed by atoms with Crippen molar-refractivity contribution in [2.75, 3.05) is 4.90 Å². The van der Waals surface area contributed by atoms with Crippen molar-refractivity contribution in [2.45, 2.75) is 0 Å². The van der Waals surface area contributed by atoms with E-state index in [-0.39, 0.29) is 0 Å². The summed E-state index contributed by atoms with van der Waals surface area (Å²) in [4.78, 5) is 2.41. The third-order valence-corrected chi connectivity index (χ3v) is 15.4. The Kier molecular flexibility index (Phi) is 9.89. The van der Waals surface area contributed by atoms with E-state index in [1.54, 1.807) is 0 Å². The molecule has 0 aliphatic rings. The van der Waals surface area contributed by atoms with Gasteiger partial charge < -0.3 is 13.9 Å². The van der Waals surface area contributed by atoms with Crippen LogP contribution in [0.25, 0.3) is 126 Å². The molecular weight excluding hydrogens is 909 g/mol. The number of nitrogens with zero attached hydrogens (tertiary/aromatic N) is 2. The lowest BCUT2D eigenvalue weighted by Crippen LogP contribution is -2.10. The standard InChI is InChI=1S/C72H46N2O/c1-2-17-47(18-3-1)50-37-43-55(70(45-50)74-68-30-13-10-25-62(68)63-26-11-14-31-69(63)74)49-35-40-52(41-36-49)73(53-42-44-61-59-23-7-6-21-57(59)58-22-8-9-24-60(58)67(61)46-53)51-38-33-48(34-39-51)54-19-4-5-20-56(54)65-28-16-29-66-64-27-12-15-32-71(64)75-72(65)66/h1-46H. The number of fused-ring (bicyclic) bond motifs is 12. The summed E-state index contributed by atoms with van der Waals surface area (Å²) in [6.07, 6.45) is 0. The number of furan rings is 1. The largest absolute Gasteiger partial charge is 0.455 e. The normalized spacial score (nSPS) is 11.7. The van der Waals surface area contributed by atoms with Crippen molar-refractivity contribution in [3.8, 4) is 50.2 Å². The summed E-state index contributed by atoms with van der Waals surface area (Å²) in [6.45, 7) is 0. The van der Waals surface area contributed by atoms with Crippen molar-refractivity contribution in [3.05, 3.63) is 279 Å². The number of anilines is 3. The molecule has 2 aromatic heterocycles. The van der Waals surface area contributed by atoms with Gasteiger partial charge in [-0.3, -0.25) is 0 Å². The molecule has 0 aliphatic heterocycles. The third kappa shape index (κ3) is 6.97. The van der Waals surface area contributed by atoms with E-state index in [0.29, 0.717) is 0 Å². The lowest BCUT2D eigenvalue weighted by atomic mass is 9.93. The first-order chi connectivity index (χ1) is 37.2. The maximum atomic E-state index is 6.57. The maximum absolute atomic E-state index is 6.57.